The van der Waals surface area contributed by atoms with E-state index in [1.165, 1.54) is 77.1 Å². The lowest BCUT2D eigenvalue weighted by molar-refractivity contribution is 0.753. The molecule has 0 saturated heterocycles. The zero-order valence-electron chi connectivity index (χ0n) is 37.0. The van der Waals surface area contributed by atoms with E-state index in [0.29, 0.717) is 5.82 Å². The van der Waals surface area contributed by atoms with Gasteiger partial charge in [0, 0.05) is 22.4 Å². The Kier molecular flexibility index (Phi) is 8.50. The molecule has 0 radical (unpaired) electrons. The molecule has 316 valence electrons. The van der Waals surface area contributed by atoms with Crippen LogP contribution in [0, 0.1) is 0 Å². The van der Waals surface area contributed by atoms with Crippen molar-refractivity contribution in [2.24, 2.45) is 0 Å². The number of hydrogen-bond acceptors (Lipinski definition) is 3. The second-order valence-corrected chi connectivity index (χ2v) is 18.0. The molecule has 0 atom stereocenters. The largest absolute Gasteiger partial charge is 0.310 e. The normalized spacial score (nSPS) is 13.1. The maximum Gasteiger partial charge on any atom is 0.160 e. The van der Waals surface area contributed by atoms with Gasteiger partial charge in [0.25, 0.3) is 0 Å². The number of fused-ring (bicyclic) bond motifs is 15. The predicted molar refractivity (Wildman–Crippen MR) is 282 cm³/mol. The molecule has 3 heteroatoms. The van der Waals surface area contributed by atoms with Gasteiger partial charge in [0.15, 0.2) is 5.82 Å². The Balaban J connectivity index is 0.958. The van der Waals surface area contributed by atoms with Crippen LogP contribution in [0.4, 0.5) is 17.1 Å². The van der Waals surface area contributed by atoms with Crippen LogP contribution in [0.2, 0.25) is 0 Å². The van der Waals surface area contributed by atoms with E-state index in [-0.39, 0.29) is 0 Å². The van der Waals surface area contributed by atoms with Crippen LogP contribution in [-0.4, -0.2) is 9.97 Å². The van der Waals surface area contributed by atoms with E-state index in [4.69, 9.17) is 9.97 Å². The average Bonchev–Trinajstić information content (AvgIpc) is 3.71. The van der Waals surface area contributed by atoms with Gasteiger partial charge >= 0.3 is 0 Å². The van der Waals surface area contributed by atoms with E-state index in [0.717, 1.165) is 44.9 Å². The van der Waals surface area contributed by atoms with Gasteiger partial charge in [-0.25, -0.2) is 9.97 Å². The molecule has 2 heterocycles. The molecule has 1 spiro atoms. The minimum Gasteiger partial charge on any atom is -0.310 e. The fourth-order valence-corrected chi connectivity index (χ4v) is 11.6. The van der Waals surface area contributed by atoms with Gasteiger partial charge in [-0.05, 0) is 119 Å². The van der Waals surface area contributed by atoms with E-state index in [9.17, 15) is 0 Å². The highest BCUT2D eigenvalue weighted by Crippen LogP contribution is 2.63. The number of para-hydroxylation sites is 3. The fourth-order valence-electron chi connectivity index (χ4n) is 11.6. The summed E-state index contributed by atoms with van der Waals surface area (Å²) < 4.78 is 0. The van der Waals surface area contributed by atoms with Crippen LogP contribution in [0.5, 0.6) is 0 Å². The summed E-state index contributed by atoms with van der Waals surface area (Å²) in [6.45, 7) is 0. The molecule has 3 nitrogen and oxygen atoms in total. The Bertz CT molecular complexity index is 3900. The van der Waals surface area contributed by atoms with Crippen molar-refractivity contribution in [2.45, 2.75) is 5.41 Å². The molecule has 0 fully saturated rings. The molecule has 68 heavy (non-hydrogen) atoms. The van der Waals surface area contributed by atoms with Crippen molar-refractivity contribution in [3.63, 3.8) is 0 Å². The number of hydrogen-bond donors (Lipinski definition) is 0. The van der Waals surface area contributed by atoms with Gasteiger partial charge in [0.2, 0.25) is 0 Å². The van der Waals surface area contributed by atoms with Gasteiger partial charge < -0.3 is 4.90 Å². The van der Waals surface area contributed by atoms with E-state index >= 15 is 0 Å². The summed E-state index contributed by atoms with van der Waals surface area (Å²) in [5.74, 6) is 0.695. The molecule has 2 aliphatic rings. The zero-order valence-corrected chi connectivity index (χ0v) is 37.0. The van der Waals surface area contributed by atoms with Crippen molar-refractivity contribution in [3.8, 4) is 56.2 Å². The molecule has 0 unspecified atom stereocenters. The van der Waals surface area contributed by atoms with Crippen LogP contribution in [0.25, 0.3) is 88.5 Å². The molecule has 0 N–H and O–H groups in total. The topological polar surface area (TPSA) is 29.0 Å². The first-order valence-corrected chi connectivity index (χ1v) is 23.4. The minimum absolute atomic E-state index is 0.522. The number of aromatic nitrogens is 2. The molecular formula is C65H41N3. The summed E-state index contributed by atoms with van der Waals surface area (Å²) in [5, 5.41) is 7.46. The highest BCUT2D eigenvalue weighted by Gasteiger charge is 2.51. The third kappa shape index (κ3) is 5.60. The van der Waals surface area contributed by atoms with Crippen molar-refractivity contribution in [2.75, 3.05) is 4.90 Å². The van der Waals surface area contributed by atoms with Crippen LogP contribution < -0.4 is 4.90 Å². The second-order valence-electron chi connectivity index (χ2n) is 18.0. The van der Waals surface area contributed by atoms with Crippen molar-refractivity contribution in [1.82, 2.24) is 9.97 Å². The van der Waals surface area contributed by atoms with E-state index in [1.807, 2.05) is 6.07 Å². The molecule has 0 saturated carbocycles. The summed E-state index contributed by atoms with van der Waals surface area (Å²) in [6.07, 6.45) is 0. The van der Waals surface area contributed by atoms with Gasteiger partial charge in [-0.2, -0.15) is 0 Å². The summed E-state index contributed by atoms with van der Waals surface area (Å²) >= 11 is 0. The molecule has 0 amide bonds. The number of benzene rings is 11. The van der Waals surface area contributed by atoms with Gasteiger partial charge in [-0.1, -0.05) is 206 Å². The molecule has 0 bridgehead atoms. The minimum atomic E-state index is -0.522. The van der Waals surface area contributed by atoms with Crippen LogP contribution in [0.3, 0.4) is 0 Å². The van der Waals surface area contributed by atoms with Crippen LogP contribution in [-0.2, 0) is 5.41 Å². The van der Waals surface area contributed by atoms with E-state index < -0.39 is 5.41 Å². The summed E-state index contributed by atoms with van der Waals surface area (Å²) in [7, 11) is 0. The van der Waals surface area contributed by atoms with Gasteiger partial charge in [0.05, 0.1) is 28.2 Å². The first-order chi connectivity index (χ1) is 33.7. The molecule has 1 aliphatic carbocycles. The lowest BCUT2D eigenvalue weighted by Gasteiger charge is -2.45. The molecule has 14 rings (SSSR count). The van der Waals surface area contributed by atoms with Crippen molar-refractivity contribution < 1.29 is 0 Å². The monoisotopic (exact) mass is 863 g/mol. The van der Waals surface area contributed by atoms with E-state index in [1.54, 1.807) is 0 Å². The third-order valence-corrected chi connectivity index (χ3v) is 14.5. The zero-order chi connectivity index (χ0) is 44.8. The predicted octanol–water partition coefficient (Wildman–Crippen LogP) is 16.8. The molecule has 12 aromatic rings. The standard InChI is InChI=1S/C65H41N3/c1-3-19-42(20-4-1)64-66-60(44-35-37-51-49-26-9-8-24-47(49)48-25-10-11-27-50(48)54(51)40-44)41-61(67-64)53-29-12-7-23-46(53)43-36-38-57-55(39-43)52-28-13-14-30-56(52)65(57)58-31-15-17-33-62(58)68(45-21-5-2-6-22-45)63-34-18-16-32-59(63)65/h1-41H. The molecule has 11 aromatic carbocycles. The highest BCUT2D eigenvalue weighted by molar-refractivity contribution is 6.25. The maximum absolute atomic E-state index is 5.38. The summed E-state index contributed by atoms with van der Waals surface area (Å²) in [6, 6.07) is 90.5. The first kappa shape index (κ1) is 38.4. The summed E-state index contributed by atoms with van der Waals surface area (Å²) in [4.78, 5) is 13.1. The van der Waals surface area contributed by atoms with Crippen LogP contribution >= 0.6 is 0 Å². The highest BCUT2D eigenvalue weighted by atomic mass is 15.2. The second kappa shape index (κ2) is 15.1. The summed E-state index contributed by atoms with van der Waals surface area (Å²) in [5.41, 5.74) is 17.7. The van der Waals surface area contributed by atoms with Crippen LogP contribution in [0.1, 0.15) is 22.3 Å². The smallest absolute Gasteiger partial charge is 0.160 e. The van der Waals surface area contributed by atoms with Crippen molar-refractivity contribution >= 4 is 49.4 Å². The Labute approximate surface area is 394 Å². The van der Waals surface area contributed by atoms with Gasteiger partial charge in [-0.15, -0.1) is 0 Å². The lowest BCUT2D eigenvalue weighted by Crippen LogP contribution is -2.36. The SMILES string of the molecule is c1ccc(-c2nc(-c3ccc4c5ccccc5c5ccccc5c4c3)cc(-c3ccccc3-c3ccc4c(c3)-c3ccccc3C43c4ccccc4N(c4ccccc4)c4ccccc43)n2)cc1. The first-order valence-electron chi connectivity index (χ1n) is 23.4. The Morgan fingerprint density at radius 3 is 1.44 bits per heavy atom. The number of anilines is 3. The molecular weight excluding hydrogens is 823 g/mol. The van der Waals surface area contributed by atoms with Gasteiger partial charge in [0.1, 0.15) is 0 Å². The number of nitrogens with zero attached hydrogens (tertiary/aromatic N) is 3. The quantitative estimate of drug-likeness (QED) is 0.161. The third-order valence-electron chi connectivity index (χ3n) is 14.5. The fraction of sp³-hybridized carbons (Fsp3) is 0.0154. The van der Waals surface area contributed by atoms with Gasteiger partial charge in [-0.3, -0.25) is 0 Å². The van der Waals surface area contributed by atoms with E-state index in [2.05, 4.69) is 248 Å². The van der Waals surface area contributed by atoms with Crippen molar-refractivity contribution in [1.29, 1.82) is 0 Å². The Morgan fingerprint density at radius 2 is 0.765 bits per heavy atom. The van der Waals surface area contributed by atoms with Crippen LogP contribution in [0.15, 0.2) is 249 Å². The maximum atomic E-state index is 5.38. The number of rotatable bonds is 5. The Hall–Kier alpha value is -8.92. The lowest BCUT2D eigenvalue weighted by atomic mass is 9.64. The van der Waals surface area contributed by atoms with Crippen molar-refractivity contribution in [3.05, 3.63) is 271 Å². The Morgan fingerprint density at radius 1 is 0.279 bits per heavy atom. The molecule has 1 aromatic heterocycles. The molecule has 1 aliphatic heterocycles. The average molecular weight is 864 g/mol.